The van der Waals surface area contributed by atoms with Crippen LogP contribution in [0.3, 0.4) is 0 Å². The van der Waals surface area contributed by atoms with E-state index in [0.29, 0.717) is 6.04 Å². The van der Waals surface area contributed by atoms with Crippen molar-refractivity contribution in [2.45, 2.75) is 19.5 Å². The molecule has 0 saturated heterocycles. The Kier molecular flexibility index (Phi) is 2.48. The molecular weight excluding hydrogens is 210 g/mol. The maximum absolute atomic E-state index is 4.59. The number of imidazole rings is 1. The van der Waals surface area contributed by atoms with Gasteiger partial charge in [-0.05, 0) is 14.0 Å². The normalized spacial score (nSPS) is 20.2. The summed E-state index contributed by atoms with van der Waals surface area (Å²) in [4.78, 5) is 6.96. The molecule has 0 N–H and O–H groups in total. The fourth-order valence-corrected chi connectivity index (χ4v) is 2.45. The minimum absolute atomic E-state index is 0.453. The predicted octanol–water partition coefficient (Wildman–Crippen LogP) is 2.56. The molecule has 3 rings (SSSR count). The molecule has 0 amide bonds. The average Bonchev–Trinajstić information content (AvgIpc) is 2.79. The largest absolute Gasteiger partial charge is 0.325 e. The van der Waals surface area contributed by atoms with Crippen molar-refractivity contribution in [2.24, 2.45) is 0 Å². The molecule has 0 spiro atoms. The van der Waals surface area contributed by atoms with E-state index in [2.05, 4.69) is 52.7 Å². The van der Waals surface area contributed by atoms with Crippen LogP contribution in [0.5, 0.6) is 0 Å². The van der Waals surface area contributed by atoms with E-state index >= 15 is 0 Å². The summed E-state index contributed by atoms with van der Waals surface area (Å²) in [5.74, 6) is 1.10. The van der Waals surface area contributed by atoms with Crippen molar-refractivity contribution in [1.82, 2.24) is 14.5 Å². The van der Waals surface area contributed by atoms with Gasteiger partial charge in [0.25, 0.3) is 0 Å². The highest BCUT2D eigenvalue weighted by Crippen LogP contribution is 2.28. The minimum atomic E-state index is 0.453. The number of hydrogen-bond donors (Lipinski definition) is 0. The molecule has 1 aliphatic heterocycles. The molecule has 0 radical (unpaired) electrons. The van der Waals surface area contributed by atoms with Gasteiger partial charge in [-0.2, -0.15) is 0 Å². The molecule has 2 aromatic rings. The minimum Gasteiger partial charge on any atom is -0.325 e. The van der Waals surface area contributed by atoms with E-state index in [9.17, 15) is 0 Å². The monoisotopic (exact) mass is 227 g/mol. The first-order valence-electron chi connectivity index (χ1n) is 6.08. The summed E-state index contributed by atoms with van der Waals surface area (Å²) in [5, 5.41) is 0. The lowest BCUT2D eigenvalue weighted by atomic mass is 10.1. The van der Waals surface area contributed by atoms with Gasteiger partial charge in [0.2, 0.25) is 0 Å². The molecule has 1 aromatic heterocycles. The Balaban J connectivity index is 2.08. The standard InChI is InChI=1S/C14H17N3/c1-11-13-10-15-14(12-6-4-3-5-7-12)17(13)9-8-16(11)2/h3-7,10-11H,8-9H2,1-2H3. The van der Waals surface area contributed by atoms with Crippen LogP contribution in [-0.4, -0.2) is 28.0 Å². The molecule has 3 nitrogen and oxygen atoms in total. The number of benzene rings is 1. The molecule has 17 heavy (non-hydrogen) atoms. The van der Waals surface area contributed by atoms with Crippen molar-refractivity contribution in [1.29, 1.82) is 0 Å². The molecule has 0 saturated carbocycles. The zero-order valence-corrected chi connectivity index (χ0v) is 10.3. The van der Waals surface area contributed by atoms with Gasteiger partial charge in [-0.3, -0.25) is 4.90 Å². The van der Waals surface area contributed by atoms with Crippen molar-refractivity contribution < 1.29 is 0 Å². The Morgan fingerprint density at radius 2 is 1.94 bits per heavy atom. The number of hydrogen-bond acceptors (Lipinski definition) is 2. The highest BCUT2D eigenvalue weighted by molar-refractivity contribution is 5.56. The Morgan fingerprint density at radius 1 is 1.18 bits per heavy atom. The van der Waals surface area contributed by atoms with Crippen LogP contribution in [0.4, 0.5) is 0 Å². The first-order valence-corrected chi connectivity index (χ1v) is 6.08. The highest BCUT2D eigenvalue weighted by atomic mass is 15.2. The van der Waals surface area contributed by atoms with E-state index in [4.69, 9.17) is 0 Å². The Bertz CT molecular complexity index is 516. The van der Waals surface area contributed by atoms with Crippen LogP contribution in [0.15, 0.2) is 36.5 Å². The lowest BCUT2D eigenvalue weighted by Gasteiger charge is -2.31. The summed E-state index contributed by atoms with van der Waals surface area (Å²) < 4.78 is 2.35. The SMILES string of the molecule is CC1c2cnc(-c3ccccc3)n2CCN1C. The average molecular weight is 227 g/mol. The van der Waals surface area contributed by atoms with E-state index in [1.165, 1.54) is 11.3 Å². The quantitative estimate of drug-likeness (QED) is 0.746. The maximum Gasteiger partial charge on any atom is 0.140 e. The van der Waals surface area contributed by atoms with Crippen LogP contribution >= 0.6 is 0 Å². The summed E-state index contributed by atoms with van der Waals surface area (Å²) in [5.41, 5.74) is 2.52. The van der Waals surface area contributed by atoms with E-state index < -0.39 is 0 Å². The number of rotatable bonds is 1. The third-order valence-corrected chi connectivity index (χ3v) is 3.68. The number of likely N-dealkylation sites (N-methyl/N-ethyl adjacent to an activating group) is 1. The fraction of sp³-hybridized carbons (Fsp3) is 0.357. The zero-order valence-electron chi connectivity index (χ0n) is 10.3. The number of aromatic nitrogens is 2. The van der Waals surface area contributed by atoms with E-state index in [0.717, 1.165) is 18.9 Å². The summed E-state index contributed by atoms with van der Waals surface area (Å²) in [6.07, 6.45) is 2.02. The van der Waals surface area contributed by atoms with Gasteiger partial charge in [0.1, 0.15) is 5.82 Å². The summed E-state index contributed by atoms with van der Waals surface area (Å²) >= 11 is 0. The second-order valence-corrected chi connectivity index (χ2v) is 4.68. The van der Waals surface area contributed by atoms with Gasteiger partial charge < -0.3 is 4.57 Å². The molecule has 3 heteroatoms. The van der Waals surface area contributed by atoms with Gasteiger partial charge in [0, 0.05) is 24.7 Å². The molecule has 1 aromatic carbocycles. The molecule has 1 unspecified atom stereocenters. The van der Waals surface area contributed by atoms with Crippen LogP contribution < -0.4 is 0 Å². The Hall–Kier alpha value is -1.61. The van der Waals surface area contributed by atoms with Crippen molar-refractivity contribution in [3.8, 4) is 11.4 Å². The van der Waals surface area contributed by atoms with Crippen molar-refractivity contribution in [3.63, 3.8) is 0 Å². The van der Waals surface area contributed by atoms with Crippen LogP contribution in [0.2, 0.25) is 0 Å². The summed E-state index contributed by atoms with van der Waals surface area (Å²) in [6, 6.07) is 10.9. The fourth-order valence-electron chi connectivity index (χ4n) is 2.45. The molecule has 0 aliphatic carbocycles. The van der Waals surface area contributed by atoms with E-state index in [-0.39, 0.29) is 0 Å². The smallest absolute Gasteiger partial charge is 0.140 e. The van der Waals surface area contributed by atoms with Gasteiger partial charge in [-0.25, -0.2) is 4.98 Å². The second kappa shape index (κ2) is 4.00. The van der Waals surface area contributed by atoms with E-state index in [1.807, 2.05) is 12.3 Å². The maximum atomic E-state index is 4.59. The van der Waals surface area contributed by atoms with Crippen molar-refractivity contribution in [2.75, 3.05) is 13.6 Å². The molecule has 1 atom stereocenters. The third kappa shape index (κ3) is 1.67. The molecule has 0 fully saturated rings. The lowest BCUT2D eigenvalue weighted by Crippen LogP contribution is -2.33. The van der Waals surface area contributed by atoms with Crippen LogP contribution in [0.25, 0.3) is 11.4 Å². The van der Waals surface area contributed by atoms with Crippen LogP contribution in [0.1, 0.15) is 18.7 Å². The van der Waals surface area contributed by atoms with Crippen LogP contribution in [0, 0.1) is 0 Å². The van der Waals surface area contributed by atoms with Crippen molar-refractivity contribution in [3.05, 3.63) is 42.2 Å². The van der Waals surface area contributed by atoms with Crippen LogP contribution in [-0.2, 0) is 6.54 Å². The molecule has 2 heterocycles. The summed E-state index contributed by atoms with van der Waals surface area (Å²) in [6.45, 7) is 4.35. The summed E-state index contributed by atoms with van der Waals surface area (Å²) in [7, 11) is 2.17. The van der Waals surface area contributed by atoms with Crippen molar-refractivity contribution >= 4 is 0 Å². The van der Waals surface area contributed by atoms with E-state index in [1.54, 1.807) is 0 Å². The third-order valence-electron chi connectivity index (χ3n) is 3.68. The van der Waals surface area contributed by atoms with Gasteiger partial charge in [-0.15, -0.1) is 0 Å². The van der Waals surface area contributed by atoms with Gasteiger partial charge in [0.15, 0.2) is 0 Å². The highest BCUT2D eigenvalue weighted by Gasteiger charge is 2.23. The Morgan fingerprint density at radius 3 is 2.71 bits per heavy atom. The molecule has 0 bridgehead atoms. The number of nitrogens with zero attached hydrogens (tertiary/aromatic N) is 3. The first kappa shape index (κ1) is 10.5. The zero-order chi connectivity index (χ0) is 11.8. The number of fused-ring (bicyclic) bond motifs is 1. The van der Waals surface area contributed by atoms with Gasteiger partial charge in [0.05, 0.1) is 11.9 Å². The molecule has 88 valence electrons. The van der Waals surface area contributed by atoms with Gasteiger partial charge in [-0.1, -0.05) is 30.3 Å². The van der Waals surface area contributed by atoms with Gasteiger partial charge >= 0.3 is 0 Å². The predicted molar refractivity (Wildman–Crippen MR) is 68.7 cm³/mol. The topological polar surface area (TPSA) is 21.1 Å². The first-order chi connectivity index (χ1) is 8.27. The Labute approximate surface area is 102 Å². The molecule has 1 aliphatic rings. The lowest BCUT2D eigenvalue weighted by molar-refractivity contribution is 0.212. The second-order valence-electron chi connectivity index (χ2n) is 4.68. The molecular formula is C14H17N3.